The molecule has 0 spiro atoms. The van der Waals surface area contributed by atoms with E-state index >= 15 is 0 Å². The molecule has 0 bridgehead atoms. The van der Waals surface area contributed by atoms with Crippen LogP contribution in [-0.4, -0.2) is 36.1 Å². The summed E-state index contributed by atoms with van der Waals surface area (Å²) in [7, 11) is 0. The van der Waals surface area contributed by atoms with Crippen LogP contribution in [0, 0.1) is 5.82 Å². The molecule has 0 atom stereocenters. The van der Waals surface area contributed by atoms with Crippen LogP contribution in [0.4, 0.5) is 10.2 Å². The normalized spacial score (nSPS) is 15.1. The molecule has 0 aliphatic carbocycles. The topological polar surface area (TPSA) is 41.0 Å². The van der Waals surface area contributed by atoms with E-state index in [1.807, 2.05) is 0 Å². The van der Waals surface area contributed by atoms with E-state index in [0.717, 1.165) is 56.1 Å². The predicted octanol–water partition coefficient (Wildman–Crippen LogP) is 2.64. The van der Waals surface area contributed by atoms with Gasteiger partial charge in [0.25, 0.3) is 0 Å². The molecule has 0 unspecified atom stereocenters. The third-order valence-electron chi connectivity index (χ3n) is 3.82. The average molecular weight is 300 g/mol. The van der Waals surface area contributed by atoms with Gasteiger partial charge in [0.2, 0.25) is 0 Å². The second-order valence-corrected chi connectivity index (χ2v) is 5.54. The van der Waals surface area contributed by atoms with Crippen LogP contribution in [0.2, 0.25) is 0 Å². The molecular formula is C17H21FN4. The SMILES string of the molecule is CCCc1cc(N2CCNCC2)nc(-c2ccc(F)cc2)n1. The van der Waals surface area contributed by atoms with Crippen LogP contribution >= 0.6 is 0 Å². The Bertz CT molecular complexity index is 621. The zero-order chi connectivity index (χ0) is 15.4. The van der Waals surface area contributed by atoms with Crippen molar-refractivity contribution < 1.29 is 4.39 Å². The fourth-order valence-electron chi connectivity index (χ4n) is 2.65. The van der Waals surface area contributed by atoms with Crippen LogP contribution in [-0.2, 0) is 6.42 Å². The van der Waals surface area contributed by atoms with E-state index < -0.39 is 0 Å². The van der Waals surface area contributed by atoms with E-state index in [-0.39, 0.29) is 5.82 Å². The van der Waals surface area contributed by atoms with Gasteiger partial charge < -0.3 is 10.2 Å². The summed E-state index contributed by atoms with van der Waals surface area (Å²) in [5, 5.41) is 3.35. The van der Waals surface area contributed by atoms with Crippen molar-refractivity contribution in [2.45, 2.75) is 19.8 Å². The molecule has 1 saturated heterocycles. The first-order chi connectivity index (χ1) is 10.8. The van der Waals surface area contributed by atoms with Gasteiger partial charge in [-0.15, -0.1) is 0 Å². The maximum absolute atomic E-state index is 13.1. The fraction of sp³-hybridized carbons (Fsp3) is 0.412. The van der Waals surface area contributed by atoms with Crippen LogP contribution in [0.3, 0.4) is 0 Å². The van der Waals surface area contributed by atoms with Gasteiger partial charge in [-0.3, -0.25) is 0 Å². The molecular weight excluding hydrogens is 279 g/mol. The van der Waals surface area contributed by atoms with Crippen molar-refractivity contribution in [2.24, 2.45) is 0 Å². The molecule has 5 heteroatoms. The lowest BCUT2D eigenvalue weighted by Crippen LogP contribution is -2.44. The van der Waals surface area contributed by atoms with Crippen LogP contribution in [0.1, 0.15) is 19.0 Å². The Morgan fingerprint density at radius 1 is 1.14 bits per heavy atom. The van der Waals surface area contributed by atoms with Crippen molar-refractivity contribution in [1.82, 2.24) is 15.3 Å². The number of anilines is 1. The summed E-state index contributed by atoms with van der Waals surface area (Å²) in [4.78, 5) is 11.6. The minimum Gasteiger partial charge on any atom is -0.354 e. The fourth-order valence-corrected chi connectivity index (χ4v) is 2.65. The van der Waals surface area contributed by atoms with E-state index in [1.165, 1.54) is 12.1 Å². The summed E-state index contributed by atoms with van der Waals surface area (Å²) in [6.07, 6.45) is 1.97. The summed E-state index contributed by atoms with van der Waals surface area (Å²) in [6, 6.07) is 8.47. The van der Waals surface area contributed by atoms with Crippen molar-refractivity contribution in [1.29, 1.82) is 0 Å². The molecule has 1 N–H and O–H groups in total. The predicted molar refractivity (Wildman–Crippen MR) is 86.5 cm³/mol. The molecule has 22 heavy (non-hydrogen) atoms. The molecule has 0 saturated carbocycles. The zero-order valence-corrected chi connectivity index (χ0v) is 12.8. The molecule has 2 aromatic rings. The van der Waals surface area contributed by atoms with Crippen LogP contribution in [0.15, 0.2) is 30.3 Å². The van der Waals surface area contributed by atoms with Crippen molar-refractivity contribution in [3.05, 3.63) is 41.8 Å². The minimum atomic E-state index is -0.240. The number of hydrogen-bond donors (Lipinski definition) is 1. The summed E-state index contributed by atoms with van der Waals surface area (Å²) < 4.78 is 13.1. The van der Waals surface area contributed by atoms with Crippen LogP contribution < -0.4 is 10.2 Å². The lowest BCUT2D eigenvalue weighted by Gasteiger charge is -2.28. The van der Waals surface area contributed by atoms with Crippen molar-refractivity contribution in [3.8, 4) is 11.4 Å². The molecule has 2 heterocycles. The van der Waals surface area contributed by atoms with Crippen LogP contribution in [0.5, 0.6) is 0 Å². The average Bonchev–Trinajstić information content (AvgIpc) is 2.56. The number of aryl methyl sites for hydroxylation is 1. The Morgan fingerprint density at radius 3 is 2.55 bits per heavy atom. The first kappa shape index (κ1) is 14.9. The van der Waals surface area contributed by atoms with Crippen molar-refractivity contribution in [2.75, 3.05) is 31.1 Å². The minimum absolute atomic E-state index is 0.240. The molecule has 1 fully saturated rings. The first-order valence-electron chi connectivity index (χ1n) is 7.86. The Hall–Kier alpha value is -2.01. The van der Waals surface area contributed by atoms with Gasteiger partial charge in [-0.05, 0) is 30.7 Å². The van der Waals surface area contributed by atoms with Gasteiger partial charge in [0, 0.05) is 43.5 Å². The summed E-state index contributed by atoms with van der Waals surface area (Å²) >= 11 is 0. The summed E-state index contributed by atoms with van der Waals surface area (Å²) in [5.41, 5.74) is 1.90. The number of hydrogen-bond acceptors (Lipinski definition) is 4. The van der Waals surface area contributed by atoms with Crippen molar-refractivity contribution >= 4 is 5.82 Å². The molecule has 1 aliphatic rings. The van der Waals surface area contributed by atoms with E-state index in [0.29, 0.717) is 5.82 Å². The van der Waals surface area contributed by atoms with Gasteiger partial charge in [-0.1, -0.05) is 13.3 Å². The Labute approximate surface area is 130 Å². The monoisotopic (exact) mass is 300 g/mol. The smallest absolute Gasteiger partial charge is 0.161 e. The highest BCUT2D eigenvalue weighted by Gasteiger charge is 2.15. The van der Waals surface area contributed by atoms with E-state index in [4.69, 9.17) is 4.98 Å². The quantitative estimate of drug-likeness (QED) is 0.942. The summed E-state index contributed by atoms with van der Waals surface area (Å²) in [6.45, 7) is 5.99. The number of benzene rings is 1. The van der Waals surface area contributed by atoms with E-state index in [9.17, 15) is 4.39 Å². The number of halogens is 1. The van der Waals surface area contributed by atoms with Gasteiger partial charge in [0.1, 0.15) is 11.6 Å². The van der Waals surface area contributed by atoms with Gasteiger partial charge in [0.15, 0.2) is 5.82 Å². The Kier molecular flexibility index (Phi) is 4.63. The number of rotatable bonds is 4. The second kappa shape index (κ2) is 6.83. The van der Waals surface area contributed by atoms with E-state index in [1.54, 1.807) is 12.1 Å². The van der Waals surface area contributed by atoms with Crippen LogP contribution in [0.25, 0.3) is 11.4 Å². The maximum atomic E-state index is 13.1. The molecule has 1 aliphatic heterocycles. The molecule has 4 nitrogen and oxygen atoms in total. The maximum Gasteiger partial charge on any atom is 0.161 e. The molecule has 1 aromatic heterocycles. The lowest BCUT2D eigenvalue weighted by molar-refractivity contribution is 0.584. The Balaban J connectivity index is 1.97. The first-order valence-corrected chi connectivity index (χ1v) is 7.86. The van der Waals surface area contributed by atoms with Crippen molar-refractivity contribution in [3.63, 3.8) is 0 Å². The largest absolute Gasteiger partial charge is 0.354 e. The van der Waals surface area contributed by atoms with Gasteiger partial charge in [-0.25, -0.2) is 14.4 Å². The number of nitrogens with zero attached hydrogens (tertiary/aromatic N) is 3. The molecule has 0 amide bonds. The molecule has 1 aromatic carbocycles. The lowest BCUT2D eigenvalue weighted by atomic mass is 10.2. The molecule has 0 radical (unpaired) electrons. The number of piperazine rings is 1. The molecule has 3 rings (SSSR count). The second-order valence-electron chi connectivity index (χ2n) is 5.54. The third-order valence-corrected chi connectivity index (χ3v) is 3.82. The van der Waals surface area contributed by atoms with Gasteiger partial charge >= 0.3 is 0 Å². The van der Waals surface area contributed by atoms with E-state index in [2.05, 4.69) is 28.2 Å². The number of aromatic nitrogens is 2. The Morgan fingerprint density at radius 2 is 1.86 bits per heavy atom. The van der Waals surface area contributed by atoms with Gasteiger partial charge in [0.05, 0.1) is 0 Å². The molecule has 116 valence electrons. The van der Waals surface area contributed by atoms with Gasteiger partial charge in [-0.2, -0.15) is 0 Å². The highest BCUT2D eigenvalue weighted by Crippen LogP contribution is 2.21. The highest BCUT2D eigenvalue weighted by atomic mass is 19.1. The third kappa shape index (κ3) is 3.42. The summed E-state index contributed by atoms with van der Waals surface area (Å²) in [5.74, 6) is 1.41. The number of nitrogens with one attached hydrogen (secondary N) is 1. The zero-order valence-electron chi connectivity index (χ0n) is 12.8. The highest BCUT2D eigenvalue weighted by molar-refractivity contribution is 5.58. The standard InChI is InChI=1S/C17H21FN4/c1-2-3-15-12-16(22-10-8-19-9-11-22)21-17(20-15)13-4-6-14(18)7-5-13/h4-7,12,19H,2-3,8-11H2,1H3.